The average molecular weight is 325 g/mol. The Labute approximate surface area is 125 Å². The molecule has 0 radical (unpaired) electrons. The maximum absolute atomic E-state index is 12.9. The van der Waals surface area contributed by atoms with Gasteiger partial charge in [0.15, 0.2) is 5.69 Å². The lowest BCUT2D eigenvalue weighted by molar-refractivity contribution is -0.147. The number of aromatic nitrogens is 2. The maximum atomic E-state index is 12.9. The van der Waals surface area contributed by atoms with Crippen LogP contribution in [0.4, 0.5) is 13.2 Å². The molecular weight excluding hydrogens is 309 g/mol. The van der Waals surface area contributed by atoms with Crippen molar-refractivity contribution in [3.63, 3.8) is 0 Å². The van der Waals surface area contributed by atoms with E-state index in [0.717, 1.165) is 17.4 Å². The topological polar surface area (TPSA) is 59.0 Å². The molecule has 1 aromatic rings. The molecule has 0 aromatic carbocycles. The number of alkyl halides is 3. The van der Waals surface area contributed by atoms with E-state index in [1.807, 2.05) is 0 Å². The number of halogens is 4. The molecule has 1 amide bonds. The molecule has 0 bridgehead atoms. The molecule has 9 heteroatoms. The molecule has 21 heavy (non-hydrogen) atoms. The smallest absolute Gasteiger partial charge is 0.350 e. The van der Waals surface area contributed by atoms with Crippen LogP contribution >= 0.6 is 12.4 Å². The van der Waals surface area contributed by atoms with Crippen LogP contribution in [0.25, 0.3) is 0 Å². The van der Waals surface area contributed by atoms with Crippen LogP contribution in [0.1, 0.15) is 34.8 Å². The molecule has 1 aliphatic carbocycles. The van der Waals surface area contributed by atoms with Gasteiger partial charge in [-0.1, -0.05) is 0 Å². The lowest BCUT2D eigenvalue weighted by Gasteiger charge is -2.19. The number of carbonyl (C=O) groups is 1. The van der Waals surface area contributed by atoms with Gasteiger partial charge in [0.2, 0.25) is 5.82 Å². The van der Waals surface area contributed by atoms with E-state index in [4.69, 9.17) is 0 Å². The Morgan fingerprint density at radius 3 is 2.76 bits per heavy atom. The highest BCUT2D eigenvalue weighted by molar-refractivity contribution is 5.93. The summed E-state index contributed by atoms with van der Waals surface area (Å²) in [6, 6.07) is 0. The van der Waals surface area contributed by atoms with Crippen LogP contribution in [0.2, 0.25) is 0 Å². The Hall–Kier alpha value is -1.28. The zero-order valence-electron chi connectivity index (χ0n) is 11.2. The van der Waals surface area contributed by atoms with Crippen molar-refractivity contribution in [2.75, 3.05) is 13.1 Å². The van der Waals surface area contributed by atoms with Crippen LogP contribution in [0.15, 0.2) is 0 Å². The van der Waals surface area contributed by atoms with Crippen LogP contribution in [-0.4, -0.2) is 28.5 Å². The van der Waals surface area contributed by atoms with Crippen LogP contribution in [-0.2, 0) is 19.3 Å². The van der Waals surface area contributed by atoms with Crippen LogP contribution in [0.5, 0.6) is 0 Å². The molecule has 2 aliphatic rings. The minimum atomic E-state index is -4.54. The summed E-state index contributed by atoms with van der Waals surface area (Å²) in [4.78, 5) is 15.6. The van der Waals surface area contributed by atoms with Crippen LogP contribution < -0.4 is 10.6 Å². The van der Waals surface area contributed by atoms with Crippen LogP contribution in [0, 0.1) is 5.92 Å². The molecule has 2 heterocycles. The fourth-order valence-corrected chi connectivity index (χ4v) is 2.35. The summed E-state index contributed by atoms with van der Waals surface area (Å²) in [6.07, 6.45) is -2.41. The van der Waals surface area contributed by atoms with E-state index < -0.39 is 17.9 Å². The van der Waals surface area contributed by atoms with Gasteiger partial charge in [-0.05, 0) is 18.8 Å². The quantitative estimate of drug-likeness (QED) is 0.887. The molecule has 1 saturated carbocycles. The third-order valence-electron chi connectivity index (χ3n) is 3.59. The first kappa shape index (κ1) is 16.1. The highest BCUT2D eigenvalue weighted by Gasteiger charge is 2.40. The molecule has 1 aromatic heterocycles. The molecule has 0 unspecified atom stereocenters. The third-order valence-corrected chi connectivity index (χ3v) is 3.59. The fraction of sp³-hybridized carbons (Fsp3) is 0.667. The van der Waals surface area contributed by atoms with Crippen molar-refractivity contribution in [3.05, 3.63) is 17.2 Å². The van der Waals surface area contributed by atoms with Gasteiger partial charge < -0.3 is 15.2 Å². The summed E-state index contributed by atoms with van der Waals surface area (Å²) in [5, 5.41) is 5.64. The van der Waals surface area contributed by atoms with Crippen molar-refractivity contribution in [2.45, 2.75) is 32.1 Å². The van der Waals surface area contributed by atoms with Crippen LogP contribution in [0.3, 0.4) is 0 Å². The minimum absolute atomic E-state index is 0. The monoisotopic (exact) mass is 324 g/mol. The summed E-state index contributed by atoms with van der Waals surface area (Å²) in [5.41, 5.74) is 0.210. The van der Waals surface area contributed by atoms with E-state index in [-0.39, 0.29) is 31.2 Å². The zero-order chi connectivity index (χ0) is 14.3. The Kier molecular flexibility index (Phi) is 4.48. The van der Waals surface area contributed by atoms with E-state index in [1.54, 1.807) is 0 Å². The number of carbonyl (C=O) groups excluding carboxylic acids is 1. The molecule has 3 rings (SSSR count). The summed E-state index contributed by atoms with van der Waals surface area (Å²) in [7, 11) is 0. The van der Waals surface area contributed by atoms with Gasteiger partial charge in [0.25, 0.3) is 5.91 Å². The molecule has 0 spiro atoms. The number of hydrogen-bond acceptors (Lipinski definition) is 3. The lowest BCUT2D eigenvalue weighted by Crippen LogP contribution is -2.32. The third kappa shape index (κ3) is 3.32. The highest BCUT2D eigenvalue weighted by Crippen LogP contribution is 2.31. The van der Waals surface area contributed by atoms with Crippen molar-refractivity contribution >= 4 is 18.3 Å². The van der Waals surface area contributed by atoms with Crippen molar-refractivity contribution < 1.29 is 18.0 Å². The number of imidazole rings is 1. The second-order valence-electron chi connectivity index (χ2n) is 5.21. The Morgan fingerprint density at radius 2 is 2.14 bits per heavy atom. The van der Waals surface area contributed by atoms with Crippen molar-refractivity contribution in [3.8, 4) is 0 Å². The average Bonchev–Trinajstić information content (AvgIpc) is 3.13. The first-order valence-corrected chi connectivity index (χ1v) is 6.62. The molecule has 1 fully saturated rings. The number of fused-ring (bicyclic) bond motifs is 1. The molecule has 1 aliphatic heterocycles. The van der Waals surface area contributed by atoms with Gasteiger partial charge in [-0.2, -0.15) is 13.2 Å². The van der Waals surface area contributed by atoms with Crippen molar-refractivity contribution in [1.82, 2.24) is 20.2 Å². The zero-order valence-corrected chi connectivity index (χ0v) is 12.0. The van der Waals surface area contributed by atoms with E-state index in [9.17, 15) is 18.0 Å². The largest absolute Gasteiger partial charge is 0.449 e. The lowest BCUT2D eigenvalue weighted by atomic mass is 10.2. The standard InChI is InChI=1S/C12H15F3N4O.ClH/c13-12(14,15)11-18-9(8-6-16-3-4-19(8)11)10(20)17-5-7-1-2-7;/h7,16H,1-6H2,(H,17,20);1H. The number of nitrogens with one attached hydrogen (secondary N) is 2. The SMILES string of the molecule is Cl.O=C(NCC1CC1)c1nc(C(F)(F)F)n2c1CNCC2. The second-order valence-corrected chi connectivity index (χ2v) is 5.21. The second kappa shape index (κ2) is 5.84. The van der Waals surface area contributed by atoms with Gasteiger partial charge in [0, 0.05) is 26.2 Å². The van der Waals surface area contributed by atoms with Gasteiger partial charge >= 0.3 is 6.18 Å². The minimum Gasteiger partial charge on any atom is -0.350 e. The summed E-state index contributed by atoms with van der Waals surface area (Å²) >= 11 is 0. The Bertz CT molecular complexity index is 539. The fourth-order valence-electron chi connectivity index (χ4n) is 2.35. The van der Waals surface area contributed by atoms with Gasteiger partial charge in [-0.25, -0.2) is 4.98 Å². The van der Waals surface area contributed by atoms with Crippen molar-refractivity contribution in [2.24, 2.45) is 5.92 Å². The van der Waals surface area contributed by atoms with Gasteiger partial charge in [-0.3, -0.25) is 4.79 Å². The number of amides is 1. The van der Waals surface area contributed by atoms with E-state index >= 15 is 0 Å². The number of hydrogen-bond donors (Lipinski definition) is 2. The molecule has 5 nitrogen and oxygen atoms in total. The molecule has 0 atom stereocenters. The van der Waals surface area contributed by atoms with E-state index in [1.165, 1.54) is 0 Å². The summed E-state index contributed by atoms with van der Waals surface area (Å²) < 4.78 is 39.9. The summed E-state index contributed by atoms with van der Waals surface area (Å²) in [5.74, 6) is -1.02. The van der Waals surface area contributed by atoms with E-state index in [0.29, 0.717) is 24.7 Å². The molecular formula is C12H16ClF3N4O. The predicted octanol–water partition coefficient (Wildman–Crippen LogP) is 1.57. The van der Waals surface area contributed by atoms with Gasteiger partial charge in [0.1, 0.15) is 0 Å². The van der Waals surface area contributed by atoms with Gasteiger partial charge in [0.05, 0.1) is 5.69 Å². The van der Waals surface area contributed by atoms with Gasteiger partial charge in [-0.15, -0.1) is 12.4 Å². The maximum Gasteiger partial charge on any atom is 0.449 e. The number of nitrogens with zero attached hydrogens (tertiary/aromatic N) is 2. The molecule has 2 N–H and O–H groups in total. The first-order valence-electron chi connectivity index (χ1n) is 6.62. The Morgan fingerprint density at radius 1 is 1.43 bits per heavy atom. The molecule has 0 saturated heterocycles. The predicted molar refractivity (Wildman–Crippen MR) is 71.2 cm³/mol. The number of rotatable bonds is 3. The first-order chi connectivity index (χ1) is 9.47. The summed E-state index contributed by atoms with van der Waals surface area (Å²) in [6.45, 7) is 1.36. The highest BCUT2D eigenvalue weighted by atomic mass is 35.5. The Balaban J connectivity index is 0.00000161. The molecule has 118 valence electrons. The normalized spacial score (nSPS) is 17.9. The van der Waals surface area contributed by atoms with Crippen molar-refractivity contribution in [1.29, 1.82) is 0 Å². The van der Waals surface area contributed by atoms with E-state index in [2.05, 4.69) is 15.6 Å².